The van der Waals surface area contributed by atoms with Crippen molar-refractivity contribution in [2.45, 2.75) is 20.8 Å². The van der Waals surface area contributed by atoms with Crippen LogP contribution < -0.4 is 10.7 Å². The van der Waals surface area contributed by atoms with Crippen LogP contribution in [0.1, 0.15) is 23.6 Å². The number of hydrogen-bond acceptors (Lipinski definition) is 4. The fraction of sp³-hybridized carbons (Fsp3) is 0.176. The molecule has 0 heterocycles. The number of benzene rings is 2. The summed E-state index contributed by atoms with van der Waals surface area (Å²) in [5.74, 6) is 0. The first-order valence-electron chi connectivity index (χ1n) is 7.31. The van der Waals surface area contributed by atoms with Crippen molar-refractivity contribution in [3.63, 3.8) is 0 Å². The van der Waals surface area contributed by atoms with E-state index in [1.807, 2.05) is 32.0 Å². The first kappa shape index (κ1) is 17.6. The summed E-state index contributed by atoms with van der Waals surface area (Å²) < 4.78 is 0. The summed E-state index contributed by atoms with van der Waals surface area (Å²) in [6.07, 6.45) is 0. The van der Waals surface area contributed by atoms with Gasteiger partial charge in [0.15, 0.2) is 5.11 Å². The second-order valence-electron chi connectivity index (χ2n) is 5.34. The molecular formula is C17H18N4O2S. The molecule has 124 valence electrons. The van der Waals surface area contributed by atoms with Crippen LogP contribution in [-0.4, -0.2) is 15.7 Å². The summed E-state index contributed by atoms with van der Waals surface area (Å²) >= 11 is 5.25. The molecule has 2 aromatic rings. The lowest BCUT2D eigenvalue weighted by Gasteiger charge is -2.13. The zero-order valence-electron chi connectivity index (χ0n) is 13.7. The van der Waals surface area contributed by atoms with Gasteiger partial charge in [0, 0.05) is 23.4 Å². The molecule has 0 atom stereocenters. The summed E-state index contributed by atoms with van der Waals surface area (Å²) in [6.45, 7) is 5.75. The third kappa shape index (κ3) is 4.36. The Balaban J connectivity index is 2.08. The van der Waals surface area contributed by atoms with E-state index in [4.69, 9.17) is 12.2 Å². The Morgan fingerprint density at radius 2 is 1.79 bits per heavy atom. The molecule has 24 heavy (non-hydrogen) atoms. The molecule has 0 amide bonds. The number of aryl methyl sites for hydroxylation is 2. The standard InChI is InChI=1S/C17H18N4O2S/c1-11-6-4-7-12(2)16(11)18-17(24)20-19-13(3)14-8-5-9-15(10-14)21(22)23/h4-10H,1-3H3,(H2,18,20,24)/b19-13+. The Bertz CT molecular complexity index is 798. The van der Waals surface area contributed by atoms with Gasteiger partial charge in [0.2, 0.25) is 0 Å². The van der Waals surface area contributed by atoms with E-state index in [9.17, 15) is 10.1 Å². The van der Waals surface area contributed by atoms with Crippen molar-refractivity contribution in [1.82, 2.24) is 5.43 Å². The van der Waals surface area contributed by atoms with Crippen LogP contribution in [0.5, 0.6) is 0 Å². The van der Waals surface area contributed by atoms with Gasteiger partial charge in [0.25, 0.3) is 5.69 Å². The number of nitro benzene ring substituents is 1. The summed E-state index contributed by atoms with van der Waals surface area (Å²) in [7, 11) is 0. The van der Waals surface area contributed by atoms with Crippen molar-refractivity contribution in [2.75, 3.05) is 5.32 Å². The van der Waals surface area contributed by atoms with E-state index < -0.39 is 4.92 Å². The number of para-hydroxylation sites is 1. The molecule has 2 N–H and O–H groups in total. The van der Waals surface area contributed by atoms with Crippen molar-refractivity contribution in [2.24, 2.45) is 5.10 Å². The number of thiocarbonyl (C=S) groups is 1. The van der Waals surface area contributed by atoms with Gasteiger partial charge in [-0.2, -0.15) is 5.10 Å². The van der Waals surface area contributed by atoms with E-state index in [1.165, 1.54) is 12.1 Å². The van der Waals surface area contributed by atoms with E-state index in [0.717, 1.165) is 16.8 Å². The largest absolute Gasteiger partial charge is 0.331 e. The predicted octanol–water partition coefficient (Wildman–Crippen LogP) is 3.92. The number of nitrogens with zero attached hydrogens (tertiary/aromatic N) is 2. The number of rotatable bonds is 4. The van der Waals surface area contributed by atoms with Crippen LogP contribution >= 0.6 is 12.2 Å². The lowest BCUT2D eigenvalue weighted by Crippen LogP contribution is -2.25. The molecular weight excluding hydrogens is 324 g/mol. The lowest BCUT2D eigenvalue weighted by molar-refractivity contribution is -0.384. The SMILES string of the molecule is C/C(=N\NC(=S)Nc1c(C)cccc1C)c1cccc([N+](=O)[O-])c1. The fourth-order valence-electron chi connectivity index (χ4n) is 2.20. The number of non-ortho nitro benzene ring substituents is 1. The Morgan fingerprint density at radius 3 is 2.42 bits per heavy atom. The van der Waals surface area contributed by atoms with Gasteiger partial charge in [0.1, 0.15) is 0 Å². The Hall–Kier alpha value is -2.80. The summed E-state index contributed by atoms with van der Waals surface area (Å²) in [6, 6.07) is 12.3. The molecule has 0 aliphatic heterocycles. The minimum absolute atomic E-state index is 0.0262. The maximum atomic E-state index is 10.8. The van der Waals surface area contributed by atoms with Crippen LogP contribution in [0.3, 0.4) is 0 Å². The summed E-state index contributed by atoms with van der Waals surface area (Å²) in [5, 5.41) is 18.5. The van der Waals surface area contributed by atoms with Gasteiger partial charge in [-0.15, -0.1) is 0 Å². The second kappa shape index (κ2) is 7.65. The molecule has 0 bridgehead atoms. The van der Waals surface area contributed by atoms with E-state index in [0.29, 0.717) is 16.4 Å². The minimum Gasteiger partial charge on any atom is -0.331 e. The summed E-state index contributed by atoms with van der Waals surface area (Å²) in [5.41, 5.74) is 7.16. The summed E-state index contributed by atoms with van der Waals surface area (Å²) in [4.78, 5) is 10.4. The monoisotopic (exact) mass is 342 g/mol. The Morgan fingerprint density at radius 1 is 1.17 bits per heavy atom. The highest BCUT2D eigenvalue weighted by Gasteiger charge is 2.08. The van der Waals surface area contributed by atoms with E-state index >= 15 is 0 Å². The Labute approximate surface area is 145 Å². The van der Waals surface area contributed by atoms with Gasteiger partial charge in [-0.1, -0.05) is 30.3 Å². The van der Waals surface area contributed by atoms with Crippen molar-refractivity contribution in [3.8, 4) is 0 Å². The third-order valence-corrected chi connectivity index (χ3v) is 3.71. The van der Waals surface area contributed by atoms with Crippen LogP contribution in [0.25, 0.3) is 0 Å². The molecule has 0 aromatic heterocycles. The second-order valence-corrected chi connectivity index (χ2v) is 5.75. The highest BCUT2D eigenvalue weighted by Crippen LogP contribution is 2.19. The highest BCUT2D eigenvalue weighted by molar-refractivity contribution is 7.80. The number of anilines is 1. The molecule has 0 aliphatic carbocycles. The van der Waals surface area contributed by atoms with Crippen molar-refractivity contribution < 1.29 is 4.92 Å². The molecule has 0 spiro atoms. The lowest BCUT2D eigenvalue weighted by atomic mass is 10.1. The predicted molar refractivity (Wildman–Crippen MR) is 101 cm³/mol. The minimum atomic E-state index is -0.433. The van der Waals surface area contributed by atoms with Gasteiger partial charge < -0.3 is 5.32 Å². The topological polar surface area (TPSA) is 79.6 Å². The van der Waals surface area contributed by atoms with Crippen LogP contribution in [0.4, 0.5) is 11.4 Å². The van der Waals surface area contributed by atoms with Crippen molar-refractivity contribution in [1.29, 1.82) is 0 Å². The smallest absolute Gasteiger partial charge is 0.270 e. The van der Waals surface area contributed by atoms with E-state index in [2.05, 4.69) is 15.8 Å². The maximum Gasteiger partial charge on any atom is 0.270 e. The maximum absolute atomic E-state index is 10.8. The van der Waals surface area contributed by atoms with Gasteiger partial charge in [-0.05, 0) is 44.1 Å². The highest BCUT2D eigenvalue weighted by atomic mass is 32.1. The number of hydrazone groups is 1. The molecule has 0 aliphatic rings. The van der Waals surface area contributed by atoms with Crippen molar-refractivity contribution in [3.05, 3.63) is 69.3 Å². The Kier molecular flexibility index (Phi) is 5.59. The molecule has 0 unspecified atom stereocenters. The van der Waals surface area contributed by atoms with Gasteiger partial charge >= 0.3 is 0 Å². The van der Waals surface area contributed by atoms with Crippen LogP contribution in [0.2, 0.25) is 0 Å². The molecule has 6 nitrogen and oxygen atoms in total. The number of hydrogen-bond donors (Lipinski definition) is 2. The first-order valence-corrected chi connectivity index (χ1v) is 7.71. The molecule has 2 rings (SSSR count). The van der Waals surface area contributed by atoms with Gasteiger partial charge in [0.05, 0.1) is 10.6 Å². The fourth-order valence-corrected chi connectivity index (χ4v) is 2.34. The van der Waals surface area contributed by atoms with Crippen molar-refractivity contribution >= 4 is 34.4 Å². The van der Waals surface area contributed by atoms with E-state index in [1.54, 1.807) is 19.1 Å². The first-order chi connectivity index (χ1) is 11.4. The van der Waals surface area contributed by atoms with Crippen LogP contribution in [0, 0.1) is 24.0 Å². The third-order valence-electron chi connectivity index (χ3n) is 3.52. The zero-order chi connectivity index (χ0) is 17.7. The van der Waals surface area contributed by atoms with Gasteiger partial charge in [-0.3, -0.25) is 15.5 Å². The quantitative estimate of drug-likeness (QED) is 0.381. The zero-order valence-corrected chi connectivity index (χ0v) is 14.5. The molecule has 2 aromatic carbocycles. The average Bonchev–Trinajstić information content (AvgIpc) is 2.56. The molecule has 7 heteroatoms. The normalized spacial score (nSPS) is 11.0. The average molecular weight is 342 g/mol. The molecule has 0 saturated carbocycles. The van der Waals surface area contributed by atoms with Crippen LogP contribution in [-0.2, 0) is 0 Å². The molecule has 0 fully saturated rings. The molecule has 0 radical (unpaired) electrons. The molecule has 0 saturated heterocycles. The number of nitrogens with one attached hydrogen (secondary N) is 2. The van der Waals surface area contributed by atoms with Gasteiger partial charge in [-0.25, -0.2) is 0 Å². The van der Waals surface area contributed by atoms with Crippen LogP contribution in [0.15, 0.2) is 47.6 Å². The van der Waals surface area contributed by atoms with E-state index in [-0.39, 0.29) is 5.69 Å². The number of nitro groups is 1.